The maximum Gasteiger partial charge on any atom is 0.229 e. The molecule has 0 saturated heterocycles. The van der Waals surface area contributed by atoms with Crippen molar-refractivity contribution in [3.63, 3.8) is 0 Å². The molecule has 27 heavy (non-hydrogen) atoms. The summed E-state index contributed by atoms with van der Waals surface area (Å²) < 4.78 is 21.3. The van der Waals surface area contributed by atoms with E-state index in [-0.39, 0.29) is 11.9 Å². The van der Waals surface area contributed by atoms with Crippen LogP contribution in [0.25, 0.3) is 5.57 Å². The van der Waals surface area contributed by atoms with Crippen molar-refractivity contribution in [3.8, 4) is 5.75 Å². The van der Waals surface area contributed by atoms with Crippen LogP contribution in [0.5, 0.6) is 5.75 Å². The summed E-state index contributed by atoms with van der Waals surface area (Å²) in [7, 11) is 1.79. The van der Waals surface area contributed by atoms with E-state index in [1.165, 1.54) is 0 Å². The summed E-state index contributed by atoms with van der Waals surface area (Å²) in [4.78, 5) is 8.74. The van der Waals surface area contributed by atoms with E-state index >= 15 is 4.39 Å². The molecule has 1 aliphatic carbocycles. The zero-order valence-electron chi connectivity index (χ0n) is 15.6. The molecular formula is C20H24FN5O. The topological polar surface area (TPSA) is 85.1 Å². The lowest BCUT2D eigenvalue weighted by Crippen LogP contribution is -2.21. The number of nitrogens with zero attached hydrogens (tertiary/aromatic N) is 2. The van der Waals surface area contributed by atoms with Crippen molar-refractivity contribution < 1.29 is 9.13 Å². The van der Waals surface area contributed by atoms with E-state index in [1.807, 2.05) is 19.1 Å². The van der Waals surface area contributed by atoms with E-state index in [2.05, 4.69) is 20.6 Å². The summed E-state index contributed by atoms with van der Waals surface area (Å²) in [5, 5.41) is 6.05. The van der Waals surface area contributed by atoms with Crippen molar-refractivity contribution in [2.45, 2.75) is 38.6 Å². The van der Waals surface area contributed by atoms with E-state index in [0.29, 0.717) is 35.4 Å². The fourth-order valence-electron chi connectivity index (χ4n) is 3.64. The molecule has 0 saturated carbocycles. The van der Waals surface area contributed by atoms with Crippen molar-refractivity contribution in [3.05, 3.63) is 40.8 Å². The van der Waals surface area contributed by atoms with Gasteiger partial charge in [0, 0.05) is 36.8 Å². The van der Waals surface area contributed by atoms with Gasteiger partial charge in [0.25, 0.3) is 0 Å². The Morgan fingerprint density at radius 3 is 2.85 bits per heavy atom. The van der Waals surface area contributed by atoms with Gasteiger partial charge in [0.05, 0.1) is 17.9 Å². The van der Waals surface area contributed by atoms with Gasteiger partial charge in [-0.1, -0.05) is 6.08 Å². The van der Waals surface area contributed by atoms with Gasteiger partial charge in [-0.15, -0.1) is 0 Å². The minimum atomic E-state index is -0.325. The Balaban J connectivity index is 1.76. The second kappa shape index (κ2) is 7.15. The molecule has 7 heteroatoms. The number of hydrogen-bond acceptors (Lipinski definition) is 6. The van der Waals surface area contributed by atoms with Crippen molar-refractivity contribution in [1.82, 2.24) is 9.97 Å². The molecule has 0 fully saturated rings. The summed E-state index contributed by atoms with van der Waals surface area (Å²) in [6, 6.07) is 3.79. The van der Waals surface area contributed by atoms with Crippen molar-refractivity contribution >= 4 is 23.0 Å². The summed E-state index contributed by atoms with van der Waals surface area (Å²) in [5.41, 5.74) is 9.70. The fraction of sp³-hybridized carbons (Fsp3) is 0.400. The highest BCUT2D eigenvalue weighted by molar-refractivity contribution is 5.78. The average Bonchev–Trinajstić information content (AvgIpc) is 3.11. The maximum atomic E-state index is 15.5. The molecule has 1 aromatic heterocycles. The normalized spacial score (nSPS) is 18.5. The second-order valence-electron chi connectivity index (χ2n) is 7.06. The summed E-state index contributed by atoms with van der Waals surface area (Å²) >= 11 is 0. The molecule has 0 radical (unpaired) electrons. The van der Waals surface area contributed by atoms with E-state index in [9.17, 15) is 0 Å². The molecule has 6 nitrogen and oxygen atoms in total. The summed E-state index contributed by atoms with van der Waals surface area (Å²) in [5.74, 6) is 1.39. The molecule has 0 spiro atoms. The van der Waals surface area contributed by atoms with Gasteiger partial charge in [-0.3, -0.25) is 0 Å². The smallest absolute Gasteiger partial charge is 0.229 e. The van der Waals surface area contributed by atoms with Crippen LogP contribution >= 0.6 is 0 Å². The summed E-state index contributed by atoms with van der Waals surface area (Å²) in [6.45, 7) is 2.45. The number of ether oxygens (including phenoxy) is 1. The van der Waals surface area contributed by atoms with Gasteiger partial charge in [-0.25, -0.2) is 9.37 Å². The lowest BCUT2D eigenvalue weighted by Gasteiger charge is -2.21. The predicted molar refractivity (Wildman–Crippen MR) is 105 cm³/mol. The van der Waals surface area contributed by atoms with Crippen molar-refractivity contribution in [2.24, 2.45) is 5.73 Å². The first-order chi connectivity index (χ1) is 13.0. The molecule has 2 aromatic rings. The van der Waals surface area contributed by atoms with Crippen LogP contribution in [0.1, 0.15) is 36.1 Å². The molecule has 1 aliphatic heterocycles. The first-order valence-corrected chi connectivity index (χ1v) is 9.28. The van der Waals surface area contributed by atoms with E-state index in [0.717, 1.165) is 42.5 Å². The Morgan fingerprint density at radius 2 is 2.11 bits per heavy atom. The molecule has 2 heterocycles. The first kappa shape index (κ1) is 17.7. The number of rotatable bonds is 4. The van der Waals surface area contributed by atoms with Gasteiger partial charge in [0.1, 0.15) is 11.6 Å². The molecule has 1 aromatic carbocycles. The van der Waals surface area contributed by atoms with Crippen molar-refractivity contribution in [2.75, 3.05) is 24.3 Å². The van der Waals surface area contributed by atoms with Crippen LogP contribution in [0.2, 0.25) is 0 Å². The summed E-state index contributed by atoms with van der Waals surface area (Å²) in [6.07, 6.45) is 5.17. The SMILES string of the molecule is CNc1cc(C)nc(Nc2cc3c(c(C4=CCC(N)CC4)c2F)OCC3)n1. The number of fused-ring (bicyclic) bond motifs is 1. The van der Waals surface area contributed by atoms with Gasteiger partial charge in [-0.2, -0.15) is 4.98 Å². The lowest BCUT2D eigenvalue weighted by molar-refractivity contribution is 0.354. The predicted octanol–water partition coefficient (Wildman–Crippen LogP) is 3.54. The van der Waals surface area contributed by atoms with Crippen LogP contribution in [0.15, 0.2) is 18.2 Å². The molecule has 0 amide bonds. The van der Waals surface area contributed by atoms with E-state index < -0.39 is 0 Å². The van der Waals surface area contributed by atoms with Gasteiger partial charge in [0.15, 0.2) is 5.82 Å². The van der Waals surface area contributed by atoms with Crippen LogP contribution in [0.4, 0.5) is 21.8 Å². The number of aryl methyl sites for hydroxylation is 1. The lowest BCUT2D eigenvalue weighted by atomic mass is 9.89. The highest BCUT2D eigenvalue weighted by atomic mass is 19.1. The van der Waals surface area contributed by atoms with E-state index in [4.69, 9.17) is 10.5 Å². The number of aromatic nitrogens is 2. The number of allylic oxidation sites excluding steroid dienone is 1. The van der Waals surface area contributed by atoms with Crippen LogP contribution in [-0.4, -0.2) is 29.7 Å². The van der Waals surface area contributed by atoms with Gasteiger partial charge >= 0.3 is 0 Å². The van der Waals surface area contributed by atoms with Crippen LogP contribution in [0.3, 0.4) is 0 Å². The molecule has 1 atom stereocenters. The maximum absolute atomic E-state index is 15.5. The number of nitrogens with one attached hydrogen (secondary N) is 2. The molecule has 4 rings (SSSR count). The second-order valence-corrected chi connectivity index (χ2v) is 7.06. The average molecular weight is 369 g/mol. The van der Waals surface area contributed by atoms with Gasteiger partial charge in [0.2, 0.25) is 5.95 Å². The Morgan fingerprint density at radius 1 is 1.26 bits per heavy atom. The van der Waals surface area contributed by atoms with Gasteiger partial charge in [-0.05, 0) is 37.8 Å². The number of nitrogens with two attached hydrogens (primary N) is 1. The monoisotopic (exact) mass is 369 g/mol. The minimum Gasteiger partial charge on any atom is -0.492 e. The largest absolute Gasteiger partial charge is 0.492 e. The third kappa shape index (κ3) is 3.47. The molecule has 142 valence electrons. The minimum absolute atomic E-state index is 0.146. The Labute approximate surface area is 158 Å². The number of halogens is 1. The fourth-order valence-corrected chi connectivity index (χ4v) is 3.64. The quantitative estimate of drug-likeness (QED) is 0.764. The number of anilines is 3. The highest BCUT2D eigenvalue weighted by Crippen LogP contribution is 2.42. The third-order valence-electron chi connectivity index (χ3n) is 5.04. The van der Waals surface area contributed by atoms with Gasteiger partial charge < -0.3 is 21.1 Å². The number of hydrogen-bond donors (Lipinski definition) is 3. The molecule has 2 aliphatic rings. The Bertz CT molecular complexity index is 912. The van der Waals surface area contributed by atoms with Crippen LogP contribution in [-0.2, 0) is 6.42 Å². The Hall–Kier alpha value is -2.67. The van der Waals surface area contributed by atoms with E-state index in [1.54, 1.807) is 13.1 Å². The van der Waals surface area contributed by atoms with Crippen molar-refractivity contribution in [1.29, 1.82) is 0 Å². The standard InChI is InChI=1S/C20H24FN5O/c1-11-9-16(23-2)26-20(24-11)25-15-10-13-7-8-27-19(13)17(18(15)21)12-3-5-14(22)6-4-12/h3,9-10,14H,4-8,22H2,1-2H3,(H2,23,24,25,26). The zero-order valence-corrected chi connectivity index (χ0v) is 15.6. The Kier molecular flexibility index (Phi) is 4.70. The third-order valence-corrected chi connectivity index (χ3v) is 5.04. The zero-order chi connectivity index (χ0) is 19.0. The first-order valence-electron chi connectivity index (χ1n) is 9.28. The molecule has 4 N–H and O–H groups in total. The van der Waals surface area contributed by atoms with Crippen LogP contribution in [0, 0.1) is 12.7 Å². The highest BCUT2D eigenvalue weighted by Gasteiger charge is 2.27. The molecule has 0 bridgehead atoms. The van der Waals surface area contributed by atoms with Crippen LogP contribution < -0.4 is 21.1 Å². The molecule has 1 unspecified atom stereocenters. The molecular weight excluding hydrogens is 345 g/mol. The number of benzene rings is 1.